The van der Waals surface area contributed by atoms with Gasteiger partial charge >= 0.3 is 0 Å². The van der Waals surface area contributed by atoms with Crippen LogP contribution in [0.25, 0.3) is 0 Å². The molecule has 1 N–H and O–H groups in total. The molecular weight excluding hydrogens is 152 g/mol. The Morgan fingerprint density at radius 1 is 1.33 bits per heavy atom. The molecule has 2 nitrogen and oxygen atoms in total. The molecule has 64 valence electrons. The van der Waals surface area contributed by atoms with Crippen LogP contribution in [0.2, 0.25) is 0 Å². The van der Waals surface area contributed by atoms with E-state index in [1.54, 1.807) is 0 Å². The van der Waals surface area contributed by atoms with Crippen molar-refractivity contribution < 1.29 is 9.84 Å². The molecule has 0 spiro atoms. The van der Waals surface area contributed by atoms with E-state index in [0.29, 0.717) is 0 Å². The van der Waals surface area contributed by atoms with Gasteiger partial charge in [-0.2, -0.15) is 0 Å². The van der Waals surface area contributed by atoms with Gasteiger partial charge in [0.25, 0.3) is 0 Å². The third kappa shape index (κ3) is 1.36. The van der Waals surface area contributed by atoms with E-state index < -0.39 is 6.10 Å². The van der Waals surface area contributed by atoms with Gasteiger partial charge in [-0.3, -0.25) is 0 Å². The van der Waals surface area contributed by atoms with Crippen LogP contribution in [0.15, 0.2) is 30.3 Å². The van der Waals surface area contributed by atoms with Crippen LogP contribution >= 0.6 is 0 Å². The van der Waals surface area contributed by atoms with Crippen molar-refractivity contribution in [3.05, 3.63) is 35.9 Å². The summed E-state index contributed by atoms with van der Waals surface area (Å²) in [5.41, 5.74) is 0.937. The maximum absolute atomic E-state index is 9.71. The first kappa shape index (κ1) is 7.77. The molecule has 1 fully saturated rings. The summed E-state index contributed by atoms with van der Waals surface area (Å²) in [4.78, 5) is 0. The lowest BCUT2D eigenvalue weighted by Gasteiger charge is -2.06. The molecule has 1 aliphatic rings. The molecule has 1 heterocycles. The first-order valence-electron chi connectivity index (χ1n) is 4.17. The van der Waals surface area contributed by atoms with Crippen LogP contribution in [0.3, 0.4) is 0 Å². The number of aliphatic hydroxyl groups is 1. The molecule has 2 heteroatoms. The van der Waals surface area contributed by atoms with Crippen LogP contribution in [0, 0.1) is 0 Å². The SMILES string of the molecule is C[C@H]1O[C@@H]1[C@@H](O)c1ccccc1. The lowest BCUT2D eigenvalue weighted by Crippen LogP contribution is -2.06. The summed E-state index contributed by atoms with van der Waals surface area (Å²) in [6.07, 6.45) is -0.242. The molecule has 1 aromatic rings. The largest absolute Gasteiger partial charge is 0.386 e. The lowest BCUT2D eigenvalue weighted by atomic mass is 10.1. The van der Waals surface area contributed by atoms with Crippen LogP contribution in [0.1, 0.15) is 18.6 Å². The summed E-state index contributed by atoms with van der Waals surface area (Å²) >= 11 is 0. The molecular formula is C10H12O2. The Balaban J connectivity index is 2.10. The minimum atomic E-state index is -0.457. The zero-order valence-electron chi connectivity index (χ0n) is 6.97. The fourth-order valence-electron chi connectivity index (χ4n) is 1.37. The number of hydrogen-bond donors (Lipinski definition) is 1. The van der Waals surface area contributed by atoms with Crippen LogP contribution < -0.4 is 0 Å². The van der Waals surface area contributed by atoms with Crippen LogP contribution in [0.5, 0.6) is 0 Å². The predicted octanol–water partition coefficient (Wildman–Crippen LogP) is 1.51. The molecule has 0 bridgehead atoms. The summed E-state index contributed by atoms with van der Waals surface area (Å²) in [6.45, 7) is 1.97. The van der Waals surface area contributed by atoms with E-state index in [1.807, 2.05) is 37.3 Å². The van der Waals surface area contributed by atoms with Gasteiger partial charge in [-0.05, 0) is 12.5 Å². The Labute approximate surface area is 71.8 Å². The molecule has 2 rings (SSSR count). The highest BCUT2D eigenvalue weighted by atomic mass is 16.6. The molecule has 0 unspecified atom stereocenters. The maximum Gasteiger partial charge on any atom is 0.114 e. The fraction of sp³-hybridized carbons (Fsp3) is 0.400. The standard InChI is InChI=1S/C10H12O2/c1-7-10(12-7)9(11)8-5-3-2-4-6-8/h2-7,9-11H,1H3/t7-,9+,10+/m1/s1. The zero-order valence-corrected chi connectivity index (χ0v) is 6.97. The average molecular weight is 164 g/mol. The molecule has 1 aliphatic heterocycles. The first-order valence-corrected chi connectivity index (χ1v) is 4.17. The van der Waals surface area contributed by atoms with Crippen LogP contribution in [-0.2, 0) is 4.74 Å². The van der Waals surface area contributed by atoms with Gasteiger partial charge in [0, 0.05) is 0 Å². The highest BCUT2D eigenvalue weighted by molar-refractivity contribution is 5.20. The first-order chi connectivity index (χ1) is 5.79. The zero-order chi connectivity index (χ0) is 8.55. The molecule has 0 radical (unpaired) electrons. The van der Waals surface area contributed by atoms with Crippen molar-refractivity contribution in [1.29, 1.82) is 0 Å². The number of epoxide rings is 1. The van der Waals surface area contributed by atoms with E-state index in [-0.39, 0.29) is 12.2 Å². The number of aliphatic hydroxyl groups excluding tert-OH is 1. The van der Waals surface area contributed by atoms with Gasteiger partial charge in [0.1, 0.15) is 12.2 Å². The Morgan fingerprint density at radius 2 is 1.92 bits per heavy atom. The van der Waals surface area contributed by atoms with Crippen molar-refractivity contribution in [3.8, 4) is 0 Å². The van der Waals surface area contributed by atoms with E-state index in [2.05, 4.69) is 0 Å². The summed E-state index contributed by atoms with van der Waals surface area (Å²) in [7, 11) is 0. The van der Waals surface area contributed by atoms with E-state index in [9.17, 15) is 5.11 Å². The van der Waals surface area contributed by atoms with Crippen molar-refractivity contribution in [2.45, 2.75) is 25.2 Å². The van der Waals surface area contributed by atoms with E-state index >= 15 is 0 Å². The van der Waals surface area contributed by atoms with Crippen molar-refractivity contribution in [2.75, 3.05) is 0 Å². The van der Waals surface area contributed by atoms with Crippen molar-refractivity contribution in [2.24, 2.45) is 0 Å². The second kappa shape index (κ2) is 2.88. The Kier molecular flexibility index (Phi) is 1.87. The highest BCUT2D eigenvalue weighted by Crippen LogP contribution is 2.33. The van der Waals surface area contributed by atoms with Crippen molar-refractivity contribution in [3.63, 3.8) is 0 Å². The number of ether oxygens (including phenoxy) is 1. The summed E-state index contributed by atoms with van der Waals surface area (Å²) in [5.74, 6) is 0. The fourth-order valence-corrected chi connectivity index (χ4v) is 1.37. The second-order valence-corrected chi connectivity index (χ2v) is 3.16. The summed E-state index contributed by atoms with van der Waals surface area (Å²) in [5, 5.41) is 9.71. The average Bonchev–Trinajstić information content (AvgIpc) is 2.83. The van der Waals surface area contributed by atoms with Gasteiger partial charge in [-0.15, -0.1) is 0 Å². The quantitative estimate of drug-likeness (QED) is 0.672. The summed E-state index contributed by atoms with van der Waals surface area (Å²) < 4.78 is 5.18. The molecule has 0 saturated carbocycles. The van der Waals surface area contributed by atoms with Gasteiger partial charge in [0.15, 0.2) is 0 Å². The van der Waals surface area contributed by atoms with E-state index in [4.69, 9.17) is 4.74 Å². The molecule has 12 heavy (non-hydrogen) atoms. The number of hydrogen-bond acceptors (Lipinski definition) is 2. The lowest BCUT2D eigenvalue weighted by molar-refractivity contribution is 0.137. The van der Waals surface area contributed by atoms with Crippen molar-refractivity contribution >= 4 is 0 Å². The third-order valence-corrected chi connectivity index (χ3v) is 2.21. The van der Waals surface area contributed by atoms with E-state index in [1.165, 1.54) is 0 Å². The van der Waals surface area contributed by atoms with Gasteiger partial charge < -0.3 is 9.84 Å². The van der Waals surface area contributed by atoms with E-state index in [0.717, 1.165) is 5.56 Å². The normalized spacial score (nSPS) is 29.8. The topological polar surface area (TPSA) is 32.8 Å². The van der Waals surface area contributed by atoms with Gasteiger partial charge in [-0.25, -0.2) is 0 Å². The number of rotatable bonds is 2. The van der Waals surface area contributed by atoms with Crippen LogP contribution in [0.4, 0.5) is 0 Å². The third-order valence-electron chi connectivity index (χ3n) is 2.21. The molecule has 1 saturated heterocycles. The van der Waals surface area contributed by atoms with Gasteiger partial charge in [0.05, 0.1) is 6.10 Å². The maximum atomic E-state index is 9.71. The van der Waals surface area contributed by atoms with Gasteiger partial charge in [-0.1, -0.05) is 30.3 Å². The predicted molar refractivity (Wildman–Crippen MR) is 45.7 cm³/mol. The smallest absolute Gasteiger partial charge is 0.114 e. The van der Waals surface area contributed by atoms with Gasteiger partial charge in [0.2, 0.25) is 0 Å². The summed E-state index contributed by atoms with van der Waals surface area (Å²) in [6, 6.07) is 9.61. The molecule has 0 aromatic heterocycles. The molecule has 0 aliphatic carbocycles. The Hall–Kier alpha value is -0.860. The number of benzene rings is 1. The molecule has 0 amide bonds. The second-order valence-electron chi connectivity index (χ2n) is 3.16. The molecule has 3 atom stereocenters. The Morgan fingerprint density at radius 3 is 2.42 bits per heavy atom. The minimum Gasteiger partial charge on any atom is -0.386 e. The highest BCUT2D eigenvalue weighted by Gasteiger charge is 2.41. The van der Waals surface area contributed by atoms with Crippen molar-refractivity contribution in [1.82, 2.24) is 0 Å². The Bertz CT molecular complexity index is 258. The monoisotopic (exact) mass is 164 g/mol. The van der Waals surface area contributed by atoms with Crippen LogP contribution in [-0.4, -0.2) is 17.3 Å². The minimum absolute atomic E-state index is 0.00685. The molecule has 1 aromatic carbocycles.